The highest BCUT2D eigenvalue weighted by Gasteiger charge is 2.26. The number of hydrogen-bond donors (Lipinski definition) is 2. The van der Waals surface area contributed by atoms with Gasteiger partial charge in [0.15, 0.2) is 0 Å². The molecule has 112 valence electrons. The Morgan fingerprint density at radius 2 is 2.25 bits per heavy atom. The van der Waals surface area contributed by atoms with E-state index in [1.165, 1.54) is 12.8 Å². The summed E-state index contributed by atoms with van der Waals surface area (Å²) in [6.45, 7) is 5.17. The molecule has 1 fully saturated rings. The summed E-state index contributed by atoms with van der Waals surface area (Å²) < 4.78 is 1.84. The van der Waals surface area contributed by atoms with Crippen molar-refractivity contribution in [3.63, 3.8) is 0 Å². The molecule has 1 heterocycles. The first-order valence-electron chi connectivity index (χ1n) is 7.57. The van der Waals surface area contributed by atoms with Crippen LogP contribution >= 0.6 is 0 Å². The minimum atomic E-state index is -0.0430. The lowest BCUT2D eigenvalue weighted by Crippen LogP contribution is -2.47. The SMILES string of the molecule is C[C@@H]1CC[C@H](NC(=O)NCCc2ccnn2C)[C@H](C)C1. The molecule has 1 saturated carbocycles. The Balaban J connectivity index is 1.69. The van der Waals surface area contributed by atoms with Crippen molar-refractivity contribution in [1.82, 2.24) is 20.4 Å². The molecule has 5 nitrogen and oxygen atoms in total. The summed E-state index contributed by atoms with van der Waals surface area (Å²) in [7, 11) is 1.92. The van der Waals surface area contributed by atoms with Crippen molar-refractivity contribution >= 4 is 6.03 Å². The number of aryl methyl sites for hydroxylation is 1. The zero-order valence-electron chi connectivity index (χ0n) is 12.7. The fourth-order valence-corrected chi connectivity index (χ4v) is 3.05. The van der Waals surface area contributed by atoms with Crippen molar-refractivity contribution in [1.29, 1.82) is 0 Å². The Labute approximate surface area is 121 Å². The van der Waals surface area contributed by atoms with Gasteiger partial charge in [-0.3, -0.25) is 4.68 Å². The number of carbonyl (C=O) groups is 1. The third kappa shape index (κ3) is 3.99. The highest BCUT2D eigenvalue weighted by molar-refractivity contribution is 5.74. The van der Waals surface area contributed by atoms with E-state index < -0.39 is 0 Å². The molecular formula is C15H26N4O. The first-order chi connectivity index (χ1) is 9.56. The van der Waals surface area contributed by atoms with E-state index in [4.69, 9.17) is 0 Å². The van der Waals surface area contributed by atoms with Gasteiger partial charge >= 0.3 is 6.03 Å². The van der Waals surface area contributed by atoms with E-state index in [0.29, 0.717) is 18.5 Å². The largest absolute Gasteiger partial charge is 0.338 e. The van der Waals surface area contributed by atoms with Gasteiger partial charge in [0.1, 0.15) is 0 Å². The van der Waals surface area contributed by atoms with Gasteiger partial charge in [0, 0.05) is 37.9 Å². The second kappa shape index (κ2) is 6.77. The lowest BCUT2D eigenvalue weighted by molar-refractivity contribution is 0.206. The van der Waals surface area contributed by atoms with Gasteiger partial charge < -0.3 is 10.6 Å². The molecule has 1 aromatic heterocycles. The fraction of sp³-hybridized carbons (Fsp3) is 0.733. The quantitative estimate of drug-likeness (QED) is 0.886. The Morgan fingerprint density at radius 1 is 1.45 bits per heavy atom. The third-order valence-corrected chi connectivity index (χ3v) is 4.34. The monoisotopic (exact) mass is 278 g/mol. The van der Waals surface area contributed by atoms with Gasteiger partial charge in [0.2, 0.25) is 0 Å². The van der Waals surface area contributed by atoms with Gasteiger partial charge in [0.05, 0.1) is 0 Å². The molecule has 5 heteroatoms. The summed E-state index contributed by atoms with van der Waals surface area (Å²) in [5.74, 6) is 1.36. The average Bonchev–Trinajstić information content (AvgIpc) is 2.79. The summed E-state index contributed by atoms with van der Waals surface area (Å²) in [6, 6.07) is 2.26. The number of aromatic nitrogens is 2. The second-order valence-electron chi connectivity index (χ2n) is 6.10. The number of nitrogens with zero attached hydrogens (tertiary/aromatic N) is 2. The molecule has 1 aromatic rings. The number of rotatable bonds is 4. The van der Waals surface area contributed by atoms with Crippen molar-refractivity contribution in [2.24, 2.45) is 18.9 Å². The van der Waals surface area contributed by atoms with Crippen LogP contribution in [0.2, 0.25) is 0 Å². The van der Waals surface area contributed by atoms with Crippen LogP contribution in [0.4, 0.5) is 4.79 Å². The van der Waals surface area contributed by atoms with E-state index in [9.17, 15) is 4.79 Å². The van der Waals surface area contributed by atoms with Gasteiger partial charge in [0.25, 0.3) is 0 Å². The molecule has 0 aliphatic heterocycles. The van der Waals surface area contributed by atoms with E-state index in [0.717, 1.165) is 24.5 Å². The standard InChI is InChI=1S/C15H26N4O/c1-11-4-5-14(12(2)10-11)18-15(20)16-8-6-13-7-9-17-19(13)3/h7,9,11-12,14H,4-6,8,10H2,1-3H3,(H2,16,18,20)/t11-,12-,14+/m1/s1. The van der Waals surface area contributed by atoms with Crippen molar-refractivity contribution in [3.8, 4) is 0 Å². The fourth-order valence-electron chi connectivity index (χ4n) is 3.05. The zero-order valence-corrected chi connectivity index (χ0v) is 12.7. The molecular weight excluding hydrogens is 252 g/mol. The van der Waals surface area contributed by atoms with Crippen LogP contribution in [0, 0.1) is 11.8 Å². The first-order valence-corrected chi connectivity index (χ1v) is 7.57. The summed E-state index contributed by atoms with van der Waals surface area (Å²) >= 11 is 0. The van der Waals surface area contributed by atoms with Gasteiger partial charge in [-0.05, 0) is 37.2 Å². The number of nitrogens with one attached hydrogen (secondary N) is 2. The van der Waals surface area contributed by atoms with Crippen LogP contribution < -0.4 is 10.6 Å². The smallest absolute Gasteiger partial charge is 0.315 e. The van der Waals surface area contributed by atoms with Crippen molar-refractivity contribution < 1.29 is 4.79 Å². The molecule has 20 heavy (non-hydrogen) atoms. The van der Waals surface area contributed by atoms with Crippen molar-refractivity contribution in [3.05, 3.63) is 18.0 Å². The van der Waals surface area contributed by atoms with E-state index >= 15 is 0 Å². The van der Waals surface area contributed by atoms with Gasteiger partial charge in [-0.25, -0.2) is 4.79 Å². The van der Waals surface area contributed by atoms with E-state index in [1.807, 2.05) is 17.8 Å². The molecule has 2 rings (SSSR count). The van der Waals surface area contributed by atoms with E-state index in [1.54, 1.807) is 6.20 Å². The molecule has 0 aromatic carbocycles. The lowest BCUT2D eigenvalue weighted by Gasteiger charge is -2.33. The molecule has 1 aliphatic rings. The number of amides is 2. The number of carbonyl (C=O) groups excluding carboxylic acids is 1. The molecule has 0 unspecified atom stereocenters. The Bertz CT molecular complexity index is 443. The first kappa shape index (κ1) is 14.9. The summed E-state index contributed by atoms with van der Waals surface area (Å²) in [6.07, 6.45) is 6.10. The zero-order chi connectivity index (χ0) is 14.5. The summed E-state index contributed by atoms with van der Waals surface area (Å²) in [5, 5.41) is 10.2. The van der Waals surface area contributed by atoms with Gasteiger partial charge in [-0.1, -0.05) is 13.8 Å². The van der Waals surface area contributed by atoms with Crippen LogP contribution in [-0.2, 0) is 13.5 Å². The Kier molecular flexibility index (Phi) is 5.04. The number of urea groups is 1. The van der Waals surface area contributed by atoms with E-state index in [2.05, 4.69) is 29.6 Å². The average molecular weight is 278 g/mol. The van der Waals surface area contributed by atoms with Crippen LogP contribution in [0.15, 0.2) is 12.3 Å². The molecule has 0 radical (unpaired) electrons. The van der Waals surface area contributed by atoms with Gasteiger partial charge in [-0.2, -0.15) is 5.10 Å². The van der Waals surface area contributed by atoms with Crippen molar-refractivity contribution in [2.75, 3.05) is 6.54 Å². The van der Waals surface area contributed by atoms with Crippen LogP contribution in [0.1, 0.15) is 38.8 Å². The Morgan fingerprint density at radius 3 is 2.90 bits per heavy atom. The highest BCUT2D eigenvalue weighted by Crippen LogP contribution is 2.28. The number of hydrogen-bond acceptors (Lipinski definition) is 2. The van der Waals surface area contributed by atoms with Crippen LogP contribution in [-0.4, -0.2) is 28.4 Å². The maximum absolute atomic E-state index is 11.9. The van der Waals surface area contributed by atoms with Crippen LogP contribution in [0.25, 0.3) is 0 Å². The summed E-state index contributed by atoms with van der Waals surface area (Å²) in [5.41, 5.74) is 1.13. The minimum absolute atomic E-state index is 0.0430. The molecule has 3 atom stereocenters. The molecule has 0 saturated heterocycles. The van der Waals surface area contributed by atoms with Crippen LogP contribution in [0.5, 0.6) is 0 Å². The van der Waals surface area contributed by atoms with Crippen LogP contribution in [0.3, 0.4) is 0 Å². The highest BCUT2D eigenvalue weighted by atomic mass is 16.2. The molecule has 0 bridgehead atoms. The maximum atomic E-state index is 11.9. The maximum Gasteiger partial charge on any atom is 0.315 e. The molecule has 2 N–H and O–H groups in total. The Hall–Kier alpha value is -1.52. The van der Waals surface area contributed by atoms with Gasteiger partial charge in [-0.15, -0.1) is 0 Å². The predicted molar refractivity (Wildman–Crippen MR) is 79.4 cm³/mol. The topological polar surface area (TPSA) is 59.0 Å². The van der Waals surface area contributed by atoms with E-state index in [-0.39, 0.29) is 6.03 Å². The van der Waals surface area contributed by atoms with Crippen molar-refractivity contribution in [2.45, 2.75) is 45.6 Å². The third-order valence-electron chi connectivity index (χ3n) is 4.34. The normalized spacial score (nSPS) is 26.2. The minimum Gasteiger partial charge on any atom is -0.338 e. The molecule has 0 spiro atoms. The summed E-state index contributed by atoms with van der Waals surface area (Å²) in [4.78, 5) is 11.9. The second-order valence-corrected chi connectivity index (χ2v) is 6.10. The molecule has 2 amide bonds. The molecule has 1 aliphatic carbocycles. The lowest BCUT2D eigenvalue weighted by atomic mass is 9.80. The predicted octanol–water partition coefficient (Wildman–Crippen LogP) is 2.09.